The van der Waals surface area contributed by atoms with Crippen LogP contribution in [0.15, 0.2) is 44.2 Å². The highest BCUT2D eigenvalue weighted by Gasteiger charge is 2.18. The van der Waals surface area contributed by atoms with Crippen LogP contribution < -0.4 is 11.1 Å². The Morgan fingerprint density at radius 2 is 2.20 bits per heavy atom. The summed E-state index contributed by atoms with van der Waals surface area (Å²) in [6.07, 6.45) is 2.54. The van der Waals surface area contributed by atoms with Crippen LogP contribution in [0.3, 0.4) is 0 Å². The summed E-state index contributed by atoms with van der Waals surface area (Å²) < 4.78 is 10.6. The molecule has 1 atom stereocenters. The normalized spacial score (nSPS) is 12.9. The SMILES string of the molecule is CCc1occc1C(NC)c1ccc2[nH]c(=O)oc2c1. The van der Waals surface area contributed by atoms with Crippen molar-refractivity contribution >= 4 is 11.1 Å². The first-order valence-electron chi connectivity index (χ1n) is 6.59. The summed E-state index contributed by atoms with van der Waals surface area (Å²) in [6, 6.07) is 7.68. The number of nitrogens with one attached hydrogen (secondary N) is 2. The van der Waals surface area contributed by atoms with Crippen LogP contribution in [0.4, 0.5) is 0 Å². The van der Waals surface area contributed by atoms with Crippen molar-refractivity contribution in [2.24, 2.45) is 0 Å². The molecule has 0 saturated carbocycles. The number of aryl methyl sites for hydroxylation is 1. The second-order valence-electron chi connectivity index (χ2n) is 4.64. The molecule has 104 valence electrons. The van der Waals surface area contributed by atoms with Crippen molar-refractivity contribution in [1.82, 2.24) is 10.3 Å². The van der Waals surface area contributed by atoms with Crippen LogP contribution >= 0.6 is 0 Å². The smallest absolute Gasteiger partial charge is 0.417 e. The number of aromatic nitrogens is 1. The Labute approximate surface area is 115 Å². The van der Waals surface area contributed by atoms with Crippen LogP contribution in [0.2, 0.25) is 0 Å². The van der Waals surface area contributed by atoms with Gasteiger partial charge >= 0.3 is 5.76 Å². The minimum atomic E-state index is -0.435. The van der Waals surface area contributed by atoms with E-state index in [0.717, 1.165) is 23.3 Å². The number of benzene rings is 1. The minimum Gasteiger partial charge on any atom is -0.469 e. The molecule has 5 nitrogen and oxygen atoms in total. The largest absolute Gasteiger partial charge is 0.469 e. The molecule has 0 saturated heterocycles. The van der Waals surface area contributed by atoms with Crippen LogP contribution in [0.25, 0.3) is 11.1 Å². The van der Waals surface area contributed by atoms with E-state index in [2.05, 4.69) is 17.2 Å². The van der Waals surface area contributed by atoms with E-state index in [1.54, 1.807) is 6.26 Å². The lowest BCUT2D eigenvalue weighted by Crippen LogP contribution is -2.18. The molecule has 3 aromatic rings. The van der Waals surface area contributed by atoms with Crippen molar-refractivity contribution in [2.75, 3.05) is 7.05 Å². The predicted octanol–water partition coefficient (Wildman–Crippen LogP) is 2.59. The topological polar surface area (TPSA) is 71.2 Å². The summed E-state index contributed by atoms with van der Waals surface area (Å²) >= 11 is 0. The van der Waals surface area contributed by atoms with Crippen LogP contribution in [-0.4, -0.2) is 12.0 Å². The van der Waals surface area contributed by atoms with Gasteiger partial charge < -0.3 is 14.2 Å². The number of aromatic amines is 1. The maximum absolute atomic E-state index is 11.2. The molecule has 0 radical (unpaired) electrons. The molecule has 0 aliphatic rings. The summed E-state index contributed by atoms with van der Waals surface area (Å²) in [6.45, 7) is 2.06. The fourth-order valence-electron chi connectivity index (χ4n) is 2.54. The van der Waals surface area contributed by atoms with Crippen molar-refractivity contribution in [3.63, 3.8) is 0 Å². The standard InChI is InChI=1S/C15H16N2O3/c1-3-12-10(6-7-19-12)14(16-2)9-4-5-11-13(8-9)20-15(18)17-11/h4-8,14,16H,3H2,1-2H3,(H,17,18). The van der Waals surface area contributed by atoms with Crippen LogP contribution in [-0.2, 0) is 6.42 Å². The molecule has 20 heavy (non-hydrogen) atoms. The Morgan fingerprint density at radius 1 is 1.35 bits per heavy atom. The van der Waals surface area contributed by atoms with E-state index in [-0.39, 0.29) is 6.04 Å². The third-order valence-corrected chi connectivity index (χ3v) is 3.48. The first-order valence-corrected chi connectivity index (χ1v) is 6.59. The van der Waals surface area contributed by atoms with Crippen molar-refractivity contribution < 1.29 is 8.83 Å². The highest BCUT2D eigenvalue weighted by atomic mass is 16.4. The lowest BCUT2D eigenvalue weighted by atomic mass is 9.98. The molecule has 2 heterocycles. The molecule has 0 aliphatic carbocycles. The second kappa shape index (κ2) is 5.02. The van der Waals surface area contributed by atoms with Crippen molar-refractivity contribution in [3.05, 3.63) is 58.0 Å². The maximum atomic E-state index is 11.2. The number of hydrogen-bond donors (Lipinski definition) is 2. The number of fused-ring (bicyclic) bond motifs is 1. The molecule has 2 aromatic heterocycles. The van der Waals surface area contributed by atoms with Gasteiger partial charge in [-0.3, -0.25) is 4.98 Å². The van der Waals surface area contributed by atoms with E-state index >= 15 is 0 Å². The highest BCUT2D eigenvalue weighted by Crippen LogP contribution is 2.27. The van der Waals surface area contributed by atoms with Crippen LogP contribution in [0, 0.1) is 0 Å². The van der Waals surface area contributed by atoms with Gasteiger partial charge in [-0.1, -0.05) is 13.0 Å². The summed E-state index contributed by atoms with van der Waals surface area (Å²) in [5, 5.41) is 3.28. The maximum Gasteiger partial charge on any atom is 0.417 e. The monoisotopic (exact) mass is 272 g/mol. The lowest BCUT2D eigenvalue weighted by molar-refractivity contribution is 0.504. The van der Waals surface area contributed by atoms with Gasteiger partial charge in [-0.15, -0.1) is 0 Å². The van der Waals surface area contributed by atoms with E-state index in [9.17, 15) is 4.79 Å². The van der Waals surface area contributed by atoms with Gasteiger partial charge in [0.1, 0.15) is 5.76 Å². The average molecular weight is 272 g/mol. The summed E-state index contributed by atoms with van der Waals surface area (Å²) in [5.41, 5.74) is 3.40. The zero-order valence-corrected chi connectivity index (χ0v) is 11.4. The zero-order valence-electron chi connectivity index (χ0n) is 11.4. The third-order valence-electron chi connectivity index (χ3n) is 3.48. The molecule has 1 aromatic carbocycles. The van der Waals surface area contributed by atoms with E-state index in [1.165, 1.54) is 0 Å². The molecule has 3 rings (SSSR count). The van der Waals surface area contributed by atoms with Crippen molar-refractivity contribution in [2.45, 2.75) is 19.4 Å². The molecule has 0 amide bonds. The van der Waals surface area contributed by atoms with Gasteiger partial charge in [-0.05, 0) is 30.8 Å². The molecule has 0 spiro atoms. The molecular weight excluding hydrogens is 256 g/mol. The number of oxazole rings is 1. The van der Waals surface area contributed by atoms with Gasteiger partial charge in [0, 0.05) is 12.0 Å². The van der Waals surface area contributed by atoms with E-state index in [1.807, 2.05) is 31.3 Å². The quantitative estimate of drug-likeness (QED) is 0.765. The third kappa shape index (κ3) is 2.06. The highest BCUT2D eigenvalue weighted by molar-refractivity contribution is 5.73. The number of furan rings is 1. The molecule has 0 aliphatic heterocycles. The van der Waals surface area contributed by atoms with Crippen molar-refractivity contribution in [3.8, 4) is 0 Å². The van der Waals surface area contributed by atoms with Crippen LogP contribution in [0.5, 0.6) is 0 Å². The Bertz CT molecular complexity index is 782. The zero-order chi connectivity index (χ0) is 14.1. The Morgan fingerprint density at radius 3 is 2.95 bits per heavy atom. The van der Waals surface area contributed by atoms with Gasteiger partial charge in [0.05, 0.1) is 17.8 Å². The Hall–Kier alpha value is -2.27. The number of rotatable bonds is 4. The molecule has 5 heteroatoms. The van der Waals surface area contributed by atoms with Crippen LogP contribution in [0.1, 0.15) is 29.9 Å². The van der Waals surface area contributed by atoms with Gasteiger partial charge in [0.25, 0.3) is 0 Å². The van der Waals surface area contributed by atoms with E-state index < -0.39 is 5.76 Å². The number of hydrogen-bond acceptors (Lipinski definition) is 4. The fraction of sp³-hybridized carbons (Fsp3) is 0.267. The Balaban J connectivity index is 2.08. The molecule has 0 fully saturated rings. The van der Waals surface area contributed by atoms with Gasteiger partial charge in [-0.25, -0.2) is 4.79 Å². The van der Waals surface area contributed by atoms with Gasteiger partial charge in [0.15, 0.2) is 5.58 Å². The molecule has 1 unspecified atom stereocenters. The first-order chi connectivity index (χ1) is 9.72. The summed E-state index contributed by atoms with van der Waals surface area (Å²) in [5.74, 6) is 0.524. The minimum absolute atomic E-state index is 0.00769. The fourth-order valence-corrected chi connectivity index (χ4v) is 2.54. The van der Waals surface area contributed by atoms with E-state index in [4.69, 9.17) is 8.83 Å². The van der Waals surface area contributed by atoms with E-state index in [0.29, 0.717) is 11.1 Å². The van der Waals surface area contributed by atoms with Gasteiger partial charge in [0.2, 0.25) is 0 Å². The molecule has 0 bridgehead atoms. The number of H-pyrrole nitrogens is 1. The lowest BCUT2D eigenvalue weighted by Gasteiger charge is -2.16. The summed E-state index contributed by atoms with van der Waals surface area (Å²) in [7, 11) is 1.90. The second-order valence-corrected chi connectivity index (χ2v) is 4.64. The Kier molecular flexibility index (Phi) is 3.20. The first kappa shape index (κ1) is 12.7. The molecular formula is C15H16N2O3. The van der Waals surface area contributed by atoms with Gasteiger partial charge in [-0.2, -0.15) is 0 Å². The van der Waals surface area contributed by atoms with Crippen molar-refractivity contribution in [1.29, 1.82) is 0 Å². The average Bonchev–Trinajstić information content (AvgIpc) is 3.04. The summed E-state index contributed by atoms with van der Waals surface area (Å²) in [4.78, 5) is 13.9. The predicted molar refractivity (Wildman–Crippen MR) is 75.8 cm³/mol. The molecule has 2 N–H and O–H groups in total.